The van der Waals surface area contributed by atoms with Gasteiger partial charge in [-0.05, 0) is 52.3 Å². The molecule has 0 radical (unpaired) electrons. The van der Waals surface area contributed by atoms with Crippen molar-refractivity contribution in [1.82, 2.24) is 4.98 Å². The number of phenols is 1. The van der Waals surface area contributed by atoms with Crippen molar-refractivity contribution in [2.24, 2.45) is 0 Å². The molecule has 2 atom stereocenters. The van der Waals surface area contributed by atoms with Crippen LogP contribution in [0.1, 0.15) is 5.01 Å². The van der Waals surface area contributed by atoms with E-state index in [0.717, 1.165) is 10.2 Å². The maximum atomic E-state index is 11.3. The van der Waals surface area contributed by atoms with Crippen molar-refractivity contribution in [1.29, 1.82) is 0 Å². The number of allylic oxidation sites excluding steroid dienone is 2. The van der Waals surface area contributed by atoms with Gasteiger partial charge in [0.1, 0.15) is 5.01 Å². The number of aromatic nitrogens is 1. The summed E-state index contributed by atoms with van der Waals surface area (Å²) in [5.41, 5.74) is -0.582. The minimum atomic E-state index is -1.42. The smallest absolute Gasteiger partial charge is 0.176 e. The van der Waals surface area contributed by atoms with E-state index in [1.165, 1.54) is 11.3 Å². The van der Waals surface area contributed by atoms with E-state index in [1.807, 2.05) is 24.3 Å². The molecule has 0 saturated carbocycles. The summed E-state index contributed by atoms with van der Waals surface area (Å²) in [4.78, 5) is 4.57. The van der Waals surface area contributed by atoms with Crippen molar-refractivity contribution in [2.75, 3.05) is 0 Å². The lowest BCUT2D eigenvalue weighted by atomic mass is 9.92. The van der Waals surface area contributed by atoms with Crippen molar-refractivity contribution in [2.45, 2.75) is 11.7 Å². The van der Waals surface area contributed by atoms with Crippen LogP contribution in [0.4, 0.5) is 0 Å². The van der Waals surface area contributed by atoms with Crippen LogP contribution in [0.15, 0.2) is 71.2 Å². The van der Waals surface area contributed by atoms with Gasteiger partial charge in [0.2, 0.25) is 0 Å². The van der Waals surface area contributed by atoms with Crippen LogP contribution >= 0.6 is 27.3 Å². The van der Waals surface area contributed by atoms with Crippen LogP contribution in [0.5, 0.6) is 11.5 Å². The lowest BCUT2D eigenvalue weighted by molar-refractivity contribution is -0.00753. The predicted molar refractivity (Wildman–Crippen MR) is 102 cm³/mol. The molecule has 0 amide bonds. The number of fused-ring (bicyclic) bond motifs is 1. The normalized spacial score (nSPS) is 22.4. The fraction of sp³-hybridized carbons (Fsp3) is 0.105. The Hall–Kier alpha value is -2.15. The van der Waals surface area contributed by atoms with Gasteiger partial charge >= 0.3 is 0 Å². The van der Waals surface area contributed by atoms with Crippen LogP contribution in [0.2, 0.25) is 0 Å². The third kappa shape index (κ3) is 2.86. The zero-order valence-corrected chi connectivity index (χ0v) is 15.4. The van der Waals surface area contributed by atoms with Gasteiger partial charge in [-0.15, -0.1) is 11.3 Å². The summed E-state index contributed by atoms with van der Waals surface area (Å²) >= 11 is 4.80. The van der Waals surface area contributed by atoms with Crippen LogP contribution in [0, 0.1) is 0 Å². The van der Waals surface area contributed by atoms with Gasteiger partial charge in [-0.3, -0.25) is 0 Å². The van der Waals surface area contributed by atoms with Gasteiger partial charge in [-0.2, -0.15) is 0 Å². The number of nitrogens with zero attached hydrogens (tertiary/aromatic N) is 1. The highest BCUT2D eigenvalue weighted by molar-refractivity contribution is 9.10. The molecule has 0 saturated heterocycles. The molecule has 6 heteroatoms. The van der Waals surface area contributed by atoms with Gasteiger partial charge in [0.05, 0.1) is 14.7 Å². The quantitative estimate of drug-likeness (QED) is 0.659. The van der Waals surface area contributed by atoms with Crippen LogP contribution in [-0.4, -0.2) is 21.3 Å². The zero-order chi connectivity index (χ0) is 17.4. The molecule has 3 aromatic rings. The van der Waals surface area contributed by atoms with Gasteiger partial charge < -0.3 is 14.9 Å². The minimum Gasteiger partial charge on any atom is -0.504 e. The fourth-order valence-corrected chi connectivity index (χ4v) is 4.23. The molecule has 2 N–H and O–H groups in total. The molecular weight excluding hydrogens is 402 g/mol. The highest BCUT2D eigenvalue weighted by atomic mass is 79.9. The Labute approximate surface area is 156 Å². The molecule has 1 heterocycles. The van der Waals surface area contributed by atoms with Crippen molar-refractivity contribution >= 4 is 37.5 Å². The van der Waals surface area contributed by atoms with Crippen molar-refractivity contribution in [3.63, 3.8) is 0 Å². The van der Waals surface area contributed by atoms with E-state index in [0.29, 0.717) is 9.48 Å². The first-order valence-corrected chi connectivity index (χ1v) is 9.27. The van der Waals surface area contributed by atoms with E-state index >= 15 is 0 Å². The molecule has 1 aliphatic rings. The Morgan fingerprint density at radius 1 is 1.12 bits per heavy atom. The number of rotatable bonds is 3. The predicted octanol–water partition coefficient (Wildman–Crippen LogP) is 4.53. The summed E-state index contributed by atoms with van der Waals surface area (Å²) in [5.74, 6) is 0.288. The number of thiazole rings is 1. The first-order valence-electron chi connectivity index (χ1n) is 7.66. The number of halogens is 1. The number of hydrogen-bond donors (Lipinski definition) is 2. The van der Waals surface area contributed by atoms with E-state index in [-0.39, 0.29) is 11.5 Å². The number of benzene rings is 2. The second-order valence-electron chi connectivity index (χ2n) is 5.68. The molecule has 0 aliphatic heterocycles. The highest BCUT2D eigenvalue weighted by Crippen LogP contribution is 2.41. The van der Waals surface area contributed by atoms with E-state index < -0.39 is 11.7 Å². The van der Waals surface area contributed by atoms with Crippen molar-refractivity contribution in [3.8, 4) is 11.5 Å². The van der Waals surface area contributed by atoms with Crippen LogP contribution in [0.25, 0.3) is 10.2 Å². The Morgan fingerprint density at radius 2 is 1.96 bits per heavy atom. The van der Waals surface area contributed by atoms with Gasteiger partial charge in [-0.1, -0.05) is 30.4 Å². The second kappa shape index (κ2) is 6.29. The zero-order valence-electron chi connectivity index (χ0n) is 13.0. The molecule has 25 heavy (non-hydrogen) atoms. The summed E-state index contributed by atoms with van der Waals surface area (Å²) in [7, 11) is 0. The molecule has 0 fully saturated rings. The molecule has 2 unspecified atom stereocenters. The van der Waals surface area contributed by atoms with E-state index in [2.05, 4.69) is 20.9 Å². The summed E-state index contributed by atoms with van der Waals surface area (Å²) in [5, 5.41) is 22.0. The number of aliphatic hydroxyl groups is 1. The lowest BCUT2D eigenvalue weighted by Gasteiger charge is -2.32. The number of aromatic hydroxyl groups is 1. The maximum Gasteiger partial charge on any atom is 0.176 e. The summed E-state index contributed by atoms with van der Waals surface area (Å²) in [6, 6.07) is 12.8. The van der Waals surface area contributed by atoms with Crippen LogP contribution in [-0.2, 0) is 5.60 Å². The van der Waals surface area contributed by atoms with Gasteiger partial charge in [-0.25, -0.2) is 4.98 Å². The van der Waals surface area contributed by atoms with Crippen LogP contribution < -0.4 is 4.74 Å². The lowest BCUT2D eigenvalue weighted by Crippen LogP contribution is -2.41. The molecule has 0 bridgehead atoms. The molecule has 4 rings (SSSR count). The van der Waals surface area contributed by atoms with E-state index in [9.17, 15) is 10.2 Å². The second-order valence-corrected chi connectivity index (χ2v) is 7.57. The Bertz CT molecular complexity index is 944. The van der Waals surface area contributed by atoms with Crippen molar-refractivity contribution in [3.05, 3.63) is 76.2 Å². The summed E-state index contributed by atoms with van der Waals surface area (Å²) in [6.45, 7) is 0. The third-order valence-corrected chi connectivity index (χ3v) is 5.81. The molecule has 1 aromatic heterocycles. The number of para-hydroxylation sites is 2. The van der Waals surface area contributed by atoms with Gasteiger partial charge in [0, 0.05) is 0 Å². The SMILES string of the molecule is Oc1cccc(Br)c1OC1C=CC=CC1(O)c1nc2ccccc2s1. The summed E-state index contributed by atoms with van der Waals surface area (Å²) in [6.07, 6.45) is 6.28. The molecule has 4 nitrogen and oxygen atoms in total. The number of hydrogen-bond acceptors (Lipinski definition) is 5. The Balaban J connectivity index is 1.76. The minimum absolute atomic E-state index is 0.00368. The largest absolute Gasteiger partial charge is 0.504 e. The topological polar surface area (TPSA) is 62.6 Å². The first-order chi connectivity index (χ1) is 12.1. The third-order valence-electron chi connectivity index (χ3n) is 4.01. The van der Waals surface area contributed by atoms with E-state index in [1.54, 1.807) is 42.5 Å². The van der Waals surface area contributed by atoms with Crippen molar-refractivity contribution < 1.29 is 14.9 Å². The number of phenolic OH excluding ortho intramolecular Hbond substituents is 1. The Kier molecular flexibility index (Phi) is 4.11. The molecular formula is C19H14BrNO3S. The molecule has 2 aromatic carbocycles. The fourth-order valence-electron chi connectivity index (χ4n) is 2.72. The maximum absolute atomic E-state index is 11.3. The Morgan fingerprint density at radius 3 is 2.76 bits per heavy atom. The first kappa shape index (κ1) is 16.3. The highest BCUT2D eigenvalue weighted by Gasteiger charge is 2.41. The summed E-state index contributed by atoms with van der Waals surface area (Å²) < 4.78 is 7.57. The van der Waals surface area contributed by atoms with Gasteiger partial charge in [0.15, 0.2) is 23.2 Å². The average molecular weight is 416 g/mol. The van der Waals surface area contributed by atoms with E-state index in [4.69, 9.17) is 4.74 Å². The monoisotopic (exact) mass is 415 g/mol. The molecule has 0 spiro atoms. The average Bonchev–Trinajstić information content (AvgIpc) is 3.05. The standard InChI is InChI=1S/C19H14BrNO3S/c20-12-6-5-8-14(22)17(12)24-16-10-3-4-11-19(16,23)18-21-13-7-1-2-9-15(13)25-18/h1-11,16,22-23H. The van der Waals surface area contributed by atoms with Gasteiger partial charge in [0.25, 0.3) is 0 Å². The molecule has 1 aliphatic carbocycles. The number of ether oxygens (including phenoxy) is 1. The van der Waals surface area contributed by atoms with Crippen LogP contribution in [0.3, 0.4) is 0 Å². The molecule has 126 valence electrons.